The molecule has 0 aliphatic heterocycles. The van der Waals surface area contributed by atoms with Gasteiger partial charge in [0.2, 0.25) is 0 Å². The summed E-state index contributed by atoms with van der Waals surface area (Å²) in [5.41, 5.74) is 1.26. The van der Waals surface area contributed by atoms with E-state index in [1.54, 1.807) is 36.4 Å². The van der Waals surface area contributed by atoms with Gasteiger partial charge in [0.05, 0.1) is 5.56 Å². The van der Waals surface area contributed by atoms with Crippen LogP contribution in [-0.4, -0.2) is 0 Å². The zero-order chi connectivity index (χ0) is 18.7. The summed E-state index contributed by atoms with van der Waals surface area (Å²) in [5.74, 6) is -1.25. The van der Waals surface area contributed by atoms with Crippen LogP contribution >= 0.6 is 0 Å². The van der Waals surface area contributed by atoms with Crippen molar-refractivity contribution in [2.45, 2.75) is 12.8 Å². The second-order valence-electron chi connectivity index (χ2n) is 6.02. The molecule has 0 nitrogen and oxygen atoms in total. The second-order valence-corrected chi connectivity index (χ2v) is 6.02. The van der Waals surface area contributed by atoms with Gasteiger partial charge in [0.1, 0.15) is 11.6 Å². The lowest BCUT2D eigenvalue weighted by Gasteiger charge is -2.10. The van der Waals surface area contributed by atoms with Crippen LogP contribution in [0.5, 0.6) is 0 Å². The molecule has 0 heterocycles. The Kier molecular flexibility index (Phi) is 5.21. The van der Waals surface area contributed by atoms with Gasteiger partial charge >= 0.3 is 0 Å². The summed E-state index contributed by atoms with van der Waals surface area (Å²) in [7, 11) is 0. The Balaban J connectivity index is 2.03. The van der Waals surface area contributed by atoms with Crippen LogP contribution < -0.4 is 0 Å². The SMILES string of the molecule is C=CCCc1cc(F)c(-c2ccc3cc(C=C(F)F)ccc3c2)c(F)c1. The molecule has 0 fully saturated rings. The molecule has 0 spiro atoms. The Bertz CT molecular complexity index is 975. The summed E-state index contributed by atoms with van der Waals surface area (Å²) in [6, 6.07) is 12.4. The Hall–Kier alpha value is -2.88. The molecule has 26 heavy (non-hydrogen) atoms. The van der Waals surface area contributed by atoms with Crippen LogP contribution in [0.15, 0.2) is 67.3 Å². The van der Waals surface area contributed by atoms with Crippen LogP contribution in [0.4, 0.5) is 17.6 Å². The van der Waals surface area contributed by atoms with Crippen molar-refractivity contribution in [2.75, 3.05) is 0 Å². The number of benzene rings is 3. The van der Waals surface area contributed by atoms with Crippen LogP contribution in [0.2, 0.25) is 0 Å². The first-order valence-electron chi connectivity index (χ1n) is 8.13. The minimum atomic E-state index is -1.78. The second kappa shape index (κ2) is 7.56. The molecule has 0 amide bonds. The molecule has 0 N–H and O–H groups in total. The van der Waals surface area contributed by atoms with Crippen LogP contribution in [0, 0.1) is 11.6 Å². The maximum atomic E-state index is 14.5. The van der Waals surface area contributed by atoms with Gasteiger partial charge in [0, 0.05) is 6.08 Å². The molecule has 0 aliphatic carbocycles. The molecule has 0 atom stereocenters. The van der Waals surface area contributed by atoms with Crippen LogP contribution in [0.25, 0.3) is 28.0 Å². The highest BCUT2D eigenvalue weighted by atomic mass is 19.3. The van der Waals surface area contributed by atoms with Crippen molar-refractivity contribution in [3.05, 3.63) is 90.0 Å². The van der Waals surface area contributed by atoms with Gasteiger partial charge in [-0.25, -0.2) is 8.78 Å². The van der Waals surface area contributed by atoms with Crippen LogP contribution in [0.3, 0.4) is 0 Å². The van der Waals surface area contributed by atoms with E-state index in [1.807, 2.05) is 0 Å². The first kappa shape index (κ1) is 17.9. The van der Waals surface area contributed by atoms with E-state index in [0.29, 0.717) is 40.3 Å². The van der Waals surface area contributed by atoms with E-state index >= 15 is 0 Å². The maximum Gasteiger partial charge on any atom is 0.270 e. The van der Waals surface area contributed by atoms with E-state index in [9.17, 15) is 17.6 Å². The van der Waals surface area contributed by atoms with E-state index in [4.69, 9.17) is 0 Å². The van der Waals surface area contributed by atoms with Crippen molar-refractivity contribution in [3.8, 4) is 11.1 Å². The minimum Gasteiger partial charge on any atom is -0.206 e. The van der Waals surface area contributed by atoms with E-state index in [2.05, 4.69) is 6.58 Å². The number of rotatable bonds is 5. The maximum absolute atomic E-state index is 14.5. The lowest BCUT2D eigenvalue weighted by molar-refractivity contribution is 0.429. The highest BCUT2D eigenvalue weighted by molar-refractivity contribution is 5.89. The quantitative estimate of drug-likeness (QED) is 0.337. The molecule has 0 aliphatic rings. The van der Waals surface area contributed by atoms with E-state index < -0.39 is 17.7 Å². The number of fused-ring (bicyclic) bond motifs is 1. The Morgan fingerprint density at radius 2 is 1.54 bits per heavy atom. The molecular formula is C22H16F4. The zero-order valence-electron chi connectivity index (χ0n) is 13.9. The molecule has 0 saturated heterocycles. The number of hydrogen-bond acceptors (Lipinski definition) is 0. The molecule has 0 radical (unpaired) electrons. The molecule has 132 valence electrons. The molecule has 0 bridgehead atoms. The summed E-state index contributed by atoms with van der Waals surface area (Å²) < 4.78 is 53.7. The third-order valence-corrected chi connectivity index (χ3v) is 4.17. The van der Waals surface area contributed by atoms with Crippen molar-refractivity contribution < 1.29 is 17.6 Å². The molecule has 4 heteroatoms. The summed E-state index contributed by atoms with van der Waals surface area (Å²) in [6.45, 7) is 3.60. The fourth-order valence-corrected chi connectivity index (χ4v) is 2.95. The number of allylic oxidation sites excluding steroid dienone is 1. The largest absolute Gasteiger partial charge is 0.270 e. The standard InChI is InChI=1S/C22H16F4/c1-2-3-4-14-10-19(23)22(20(24)11-14)18-8-7-16-9-15(12-21(25)26)5-6-17(16)13-18/h2,5-13H,1,3-4H2. The summed E-state index contributed by atoms with van der Waals surface area (Å²) >= 11 is 0. The highest BCUT2D eigenvalue weighted by Gasteiger charge is 2.14. The van der Waals surface area contributed by atoms with Gasteiger partial charge in [-0.05, 0) is 64.6 Å². The van der Waals surface area contributed by atoms with E-state index in [1.165, 1.54) is 18.2 Å². The molecular weight excluding hydrogens is 340 g/mol. The van der Waals surface area contributed by atoms with Crippen molar-refractivity contribution in [1.29, 1.82) is 0 Å². The van der Waals surface area contributed by atoms with Gasteiger partial charge in [-0.2, -0.15) is 8.78 Å². The van der Waals surface area contributed by atoms with Crippen LogP contribution in [0.1, 0.15) is 17.5 Å². The topological polar surface area (TPSA) is 0 Å². The summed E-state index contributed by atoms with van der Waals surface area (Å²) in [6.07, 6.45) is 1.86. The fourth-order valence-electron chi connectivity index (χ4n) is 2.95. The lowest BCUT2D eigenvalue weighted by atomic mass is 9.97. The Labute approximate surface area is 149 Å². The normalized spacial score (nSPS) is 10.8. The minimum absolute atomic E-state index is 0.0898. The summed E-state index contributed by atoms with van der Waals surface area (Å²) in [4.78, 5) is 0. The van der Waals surface area contributed by atoms with Crippen molar-refractivity contribution in [3.63, 3.8) is 0 Å². The van der Waals surface area contributed by atoms with Gasteiger partial charge in [-0.3, -0.25) is 0 Å². The molecule has 3 rings (SSSR count). The third kappa shape index (κ3) is 3.85. The van der Waals surface area contributed by atoms with Crippen molar-refractivity contribution in [1.82, 2.24) is 0 Å². The lowest BCUT2D eigenvalue weighted by Crippen LogP contribution is -1.95. The van der Waals surface area contributed by atoms with E-state index in [0.717, 1.165) is 6.08 Å². The summed E-state index contributed by atoms with van der Waals surface area (Å²) in [5, 5.41) is 1.43. The number of hydrogen-bond donors (Lipinski definition) is 0. The van der Waals surface area contributed by atoms with Gasteiger partial charge in [0.15, 0.2) is 0 Å². The third-order valence-electron chi connectivity index (χ3n) is 4.17. The molecule has 3 aromatic rings. The smallest absolute Gasteiger partial charge is 0.206 e. The van der Waals surface area contributed by atoms with Crippen LogP contribution in [-0.2, 0) is 6.42 Å². The number of halogens is 4. The fraction of sp³-hybridized carbons (Fsp3) is 0.0909. The molecule has 0 saturated carbocycles. The Morgan fingerprint density at radius 1 is 0.885 bits per heavy atom. The zero-order valence-corrected chi connectivity index (χ0v) is 13.9. The van der Waals surface area contributed by atoms with Gasteiger partial charge < -0.3 is 0 Å². The van der Waals surface area contributed by atoms with Gasteiger partial charge in [-0.1, -0.05) is 30.3 Å². The molecule has 3 aromatic carbocycles. The average molecular weight is 356 g/mol. The van der Waals surface area contributed by atoms with Gasteiger partial charge in [0.25, 0.3) is 6.08 Å². The molecule has 0 aromatic heterocycles. The first-order valence-corrected chi connectivity index (χ1v) is 8.13. The average Bonchev–Trinajstić information content (AvgIpc) is 2.59. The van der Waals surface area contributed by atoms with Gasteiger partial charge in [-0.15, -0.1) is 6.58 Å². The first-order chi connectivity index (χ1) is 12.5. The van der Waals surface area contributed by atoms with Crippen molar-refractivity contribution >= 4 is 16.8 Å². The number of aryl methyl sites for hydroxylation is 1. The highest BCUT2D eigenvalue weighted by Crippen LogP contribution is 2.31. The predicted octanol–water partition coefficient (Wildman–Crippen LogP) is 7.14. The van der Waals surface area contributed by atoms with Crippen molar-refractivity contribution in [2.24, 2.45) is 0 Å². The predicted molar refractivity (Wildman–Crippen MR) is 98.0 cm³/mol. The van der Waals surface area contributed by atoms with E-state index in [-0.39, 0.29) is 5.56 Å². The monoisotopic (exact) mass is 356 g/mol. The molecule has 0 unspecified atom stereocenters. The Morgan fingerprint density at radius 3 is 2.19 bits per heavy atom.